The first-order valence-electron chi connectivity index (χ1n) is 4.44. The molecule has 0 aliphatic carbocycles. The second kappa shape index (κ2) is 5.51. The van der Waals surface area contributed by atoms with Gasteiger partial charge in [-0.2, -0.15) is 0 Å². The van der Waals surface area contributed by atoms with Gasteiger partial charge in [-0.3, -0.25) is 0 Å². The van der Waals surface area contributed by atoms with Crippen LogP contribution in [0.5, 0.6) is 0 Å². The molecule has 14 heavy (non-hydrogen) atoms. The van der Waals surface area contributed by atoms with Crippen LogP contribution in [0.15, 0.2) is 71.5 Å². The maximum Gasteiger partial charge on any atom is 0.160 e. The summed E-state index contributed by atoms with van der Waals surface area (Å²) in [5.74, 6) is 0. The molecule has 0 saturated carbocycles. The predicted molar refractivity (Wildman–Crippen MR) is 66.5 cm³/mol. The standard InChI is InChI=1S/C13H15S/c1-4-5-9-12(2)14(3)13-10-7-6-8-11-13/h4-11H,1-2H2,3H3/q+1/b9-5-. The van der Waals surface area contributed by atoms with Crippen LogP contribution in [0.1, 0.15) is 0 Å². The Morgan fingerprint density at radius 2 is 1.93 bits per heavy atom. The molecule has 1 aromatic carbocycles. The molecule has 0 aromatic heterocycles. The van der Waals surface area contributed by atoms with E-state index in [1.807, 2.05) is 18.2 Å². The van der Waals surface area contributed by atoms with Crippen molar-refractivity contribution in [2.75, 3.05) is 6.26 Å². The van der Waals surface area contributed by atoms with Crippen LogP contribution in [0.2, 0.25) is 0 Å². The third-order valence-corrected chi connectivity index (χ3v) is 3.81. The van der Waals surface area contributed by atoms with Crippen molar-refractivity contribution in [3.8, 4) is 0 Å². The molecule has 1 atom stereocenters. The largest absolute Gasteiger partial charge is 0.160 e. The van der Waals surface area contributed by atoms with Gasteiger partial charge in [0, 0.05) is 0 Å². The first-order valence-corrected chi connectivity index (χ1v) is 6.08. The fourth-order valence-electron chi connectivity index (χ4n) is 1.05. The Kier molecular flexibility index (Phi) is 4.27. The van der Waals surface area contributed by atoms with Crippen molar-refractivity contribution in [3.63, 3.8) is 0 Å². The van der Waals surface area contributed by atoms with Gasteiger partial charge in [0.15, 0.2) is 9.80 Å². The van der Waals surface area contributed by atoms with E-state index >= 15 is 0 Å². The fourth-order valence-corrected chi connectivity index (χ4v) is 2.20. The average molecular weight is 203 g/mol. The highest BCUT2D eigenvalue weighted by Crippen LogP contribution is 2.18. The molecule has 1 aromatic rings. The second-order valence-corrected chi connectivity index (χ2v) is 4.90. The van der Waals surface area contributed by atoms with Crippen LogP contribution in [0.3, 0.4) is 0 Å². The smallest absolute Gasteiger partial charge is 0.0991 e. The monoisotopic (exact) mass is 203 g/mol. The van der Waals surface area contributed by atoms with Crippen molar-refractivity contribution >= 4 is 10.9 Å². The summed E-state index contributed by atoms with van der Waals surface area (Å²) in [5, 5.41) is 0. The lowest BCUT2D eigenvalue weighted by atomic mass is 10.4. The molecule has 1 rings (SSSR count). The van der Waals surface area contributed by atoms with Crippen LogP contribution in [-0.4, -0.2) is 6.26 Å². The maximum absolute atomic E-state index is 4.05. The van der Waals surface area contributed by atoms with Gasteiger partial charge in [0.05, 0.1) is 10.9 Å². The van der Waals surface area contributed by atoms with Crippen molar-refractivity contribution in [1.82, 2.24) is 0 Å². The number of rotatable bonds is 4. The lowest BCUT2D eigenvalue weighted by Gasteiger charge is -2.00. The van der Waals surface area contributed by atoms with E-state index in [0.717, 1.165) is 4.91 Å². The number of hydrogen-bond donors (Lipinski definition) is 0. The van der Waals surface area contributed by atoms with E-state index in [1.54, 1.807) is 6.08 Å². The van der Waals surface area contributed by atoms with Crippen LogP contribution in [0.4, 0.5) is 0 Å². The number of hydrogen-bond acceptors (Lipinski definition) is 0. The molecule has 0 nitrogen and oxygen atoms in total. The predicted octanol–water partition coefficient (Wildman–Crippen LogP) is 3.55. The Morgan fingerprint density at radius 1 is 1.29 bits per heavy atom. The minimum absolute atomic E-state index is 0.0913. The van der Waals surface area contributed by atoms with E-state index in [4.69, 9.17) is 0 Å². The summed E-state index contributed by atoms with van der Waals surface area (Å²) in [7, 11) is 0.0913. The quantitative estimate of drug-likeness (QED) is 0.518. The molecule has 0 heterocycles. The molecule has 0 N–H and O–H groups in total. The molecule has 0 fully saturated rings. The third-order valence-electron chi connectivity index (χ3n) is 1.91. The Hall–Kier alpha value is -1.21. The van der Waals surface area contributed by atoms with Crippen LogP contribution in [-0.2, 0) is 10.9 Å². The Bertz CT molecular complexity index is 336. The van der Waals surface area contributed by atoms with Crippen LogP contribution < -0.4 is 0 Å². The van der Waals surface area contributed by atoms with E-state index in [2.05, 4.69) is 43.7 Å². The highest BCUT2D eigenvalue weighted by atomic mass is 32.2. The van der Waals surface area contributed by atoms with Crippen LogP contribution in [0.25, 0.3) is 0 Å². The zero-order valence-corrected chi connectivity index (χ0v) is 9.26. The summed E-state index contributed by atoms with van der Waals surface area (Å²) in [6.45, 7) is 7.69. The summed E-state index contributed by atoms with van der Waals surface area (Å²) in [6.07, 6.45) is 7.90. The number of benzene rings is 1. The maximum atomic E-state index is 4.05. The SMILES string of the molecule is C=C/C=C\C(=C)[S+](C)c1ccccc1. The van der Waals surface area contributed by atoms with Crippen molar-refractivity contribution in [3.05, 3.63) is 66.6 Å². The first-order chi connectivity index (χ1) is 6.75. The third kappa shape index (κ3) is 2.93. The Morgan fingerprint density at radius 3 is 2.50 bits per heavy atom. The van der Waals surface area contributed by atoms with Gasteiger partial charge in [0.1, 0.15) is 6.26 Å². The van der Waals surface area contributed by atoms with E-state index in [0.29, 0.717) is 0 Å². The molecular formula is C13H15S+. The molecule has 0 aliphatic rings. The zero-order chi connectivity index (χ0) is 10.4. The molecule has 0 aliphatic heterocycles. The van der Waals surface area contributed by atoms with Crippen molar-refractivity contribution in [1.29, 1.82) is 0 Å². The van der Waals surface area contributed by atoms with Crippen LogP contribution in [0, 0.1) is 0 Å². The first kappa shape index (κ1) is 10.9. The summed E-state index contributed by atoms with van der Waals surface area (Å²) >= 11 is 0. The van der Waals surface area contributed by atoms with Crippen molar-refractivity contribution in [2.24, 2.45) is 0 Å². The molecule has 1 unspecified atom stereocenters. The van der Waals surface area contributed by atoms with Gasteiger partial charge in [0.2, 0.25) is 0 Å². The Labute approximate surface area is 89.0 Å². The van der Waals surface area contributed by atoms with E-state index in [9.17, 15) is 0 Å². The topological polar surface area (TPSA) is 0 Å². The van der Waals surface area contributed by atoms with Gasteiger partial charge in [-0.1, -0.05) is 36.9 Å². The van der Waals surface area contributed by atoms with E-state index in [-0.39, 0.29) is 10.9 Å². The van der Waals surface area contributed by atoms with Crippen molar-refractivity contribution in [2.45, 2.75) is 4.90 Å². The highest BCUT2D eigenvalue weighted by molar-refractivity contribution is 8.00. The summed E-state index contributed by atoms with van der Waals surface area (Å²) in [6, 6.07) is 10.4. The minimum atomic E-state index is 0.0913. The van der Waals surface area contributed by atoms with Gasteiger partial charge in [-0.25, -0.2) is 0 Å². The normalized spacial score (nSPS) is 12.6. The molecule has 0 amide bonds. The van der Waals surface area contributed by atoms with Gasteiger partial charge in [0.25, 0.3) is 0 Å². The summed E-state index contributed by atoms with van der Waals surface area (Å²) in [5.41, 5.74) is 0. The summed E-state index contributed by atoms with van der Waals surface area (Å²) in [4.78, 5) is 2.46. The second-order valence-electron chi connectivity index (χ2n) is 2.88. The lowest BCUT2D eigenvalue weighted by molar-refractivity contribution is 1.45. The van der Waals surface area contributed by atoms with E-state index in [1.165, 1.54) is 4.90 Å². The molecule has 0 radical (unpaired) electrons. The summed E-state index contributed by atoms with van der Waals surface area (Å²) < 4.78 is 0. The molecule has 0 bridgehead atoms. The lowest BCUT2D eigenvalue weighted by Crippen LogP contribution is -1.99. The van der Waals surface area contributed by atoms with Crippen LogP contribution >= 0.6 is 0 Å². The van der Waals surface area contributed by atoms with E-state index < -0.39 is 0 Å². The fraction of sp³-hybridized carbons (Fsp3) is 0.0769. The molecular weight excluding hydrogens is 188 g/mol. The minimum Gasteiger partial charge on any atom is -0.0991 e. The molecule has 72 valence electrons. The Balaban J connectivity index is 2.75. The molecule has 0 spiro atoms. The molecule has 0 saturated heterocycles. The van der Waals surface area contributed by atoms with Crippen molar-refractivity contribution < 1.29 is 0 Å². The number of allylic oxidation sites excluding steroid dienone is 3. The van der Waals surface area contributed by atoms with Gasteiger partial charge >= 0.3 is 0 Å². The average Bonchev–Trinajstić information content (AvgIpc) is 2.26. The van der Waals surface area contributed by atoms with Gasteiger partial charge in [-0.15, -0.1) is 0 Å². The molecule has 1 heteroatoms. The zero-order valence-electron chi connectivity index (χ0n) is 8.44. The van der Waals surface area contributed by atoms with Gasteiger partial charge in [-0.05, 0) is 24.8 Å². The van der Waals surface area contributed by atoms with Gasteiger partial charge < -0.3 is 0 Å². The highest BCUT2D eigenvalue weighted by Gasteiger charge is 2.16.